The number of benzene rings is 2. The number of amides is 2. The van der Waals surface area contributed by atoms with E-state index in [1.165, 1.54) is 4.90 Å². The number of rotatable bonds is 4. The number of furan rings is 1. The van der Waals surface area contributed by atoms with Gasteiger partial charge >= 0.3 is 0 Å². The molecular weight excluding hydrogens is 429 g/mol. The highest BCUT2D eigenvalue weighted by molar-refractivity contribution is 8.18. The van der Waals surface area contributed by atoms with E-state index in [1.54, 1.807) is 36.4 Å². The summed E-state index contributed by atoms with van der Waals surface area (Å²) in [6, 6.07) is 16.4. The fourth-order valence-corrected chi connectivity index (χ4v) is 4.38. The maximum Gasteiger partial charge on any atom is 0.293 e. The van der Waals surface area contributed by atoms with Gasteiger partial charge in [-0.15, -0.1) is 0 Å². The van der Waals surface area contributed by atoms with Crippen LogP contribution in [0, 0.1) is 6.92 Å². The van der Waals surface area contributed by atoms with Gasteiger partial charge in [-0.25, -0.2) is 0 Å². The lowest BCUT2D eigenvalue weighted by molar-refractivity contribution is -0.123. The molecule has 29 heavy (non-hydrogen) atoms. The highest BCUT2D eigenvalue weighted by Crippen LogP contribution is 2.35. The molecule has 1 fully saturated rings. The van der Waals surface area contributed by atoms with Crippen molar-refractivity contribution in [2.45, 2.75) is 13.5 Å². The van der Waals surface area contributed by atoms with Gasteiger partial charge in [-0.3, -0.25) is 14.5 Å². The molecule has 4 nitrogen and oxygen atoms in total. The Morgan fingerprint density at radius 2 is 1.79 bits per heavy atom. The van der Waals surface area contributed by atoms with Crippen LogP contribution in [-0.4, -0.2) is 16.0 Å². The number of hydrogen-bond donors (Lipinski definition) is 0. The molecule has 1 saturated heterocycles. The van der Waals surface area contributed by atoms with Crippen molar-refractivity contribution in [3.8, 4) is 11.3 Å². The van der Waals surface area contributed by atoms with E-state index in [1.807, 2.05) is 31.2 Å². The van der Waals surface area contributed by atoms with Gasteiger partial charge in [0.2, 0.25) is 0 Å². The smallest absolute Gasteiger partial charge is 0.293 e. The Morgan fingerprint density at radius 1 is 1.03 bits per heavy atom. The van der Waals surface area contributed by atoms with E-state index in [9.17, 15) is 9.59 Å². The Bertz CT molecular complexity index is 1130. The van der Waals surface area contributed by atoms with E-state index >= 15 is 0 Å². The Balaban J connectivity index is 1.55. The zero-order valence-corrected chi connectivity index (χ0v) is 17.6. The molecule has 2 heterocycles. The lowest BCUT2D eigenvalue weighted by Crippen LogP contribution is -2.27. The number of halogens is 2. The number of hydrogen-bond acceptors (Lipinski definition) is 4. The first-order valence-electron chi connectivity index (χ1n) is 8.76. The summed E-state index contributed by atoms with van der Waals surface area (Å²) in [5.41, 5.74) is 2.72. The van der Waals surface area contributed by atoms with Crippen LogP contribution < -0.4 is 0 Å². The second-order valence-corrected chi connectivity index (χ2v) is 8.48. The van der Waals surface area contributed by atoms with E-state index in [2.05, 4.69) is 0 Å². The van der Waals surface area contributed by atoms with E-state index < -0.39 is 0 Å². The summed E-state index contributed by atoms with van der Waals surface area (Å²) in [5.74, 6) is 0.710. The monoisotopic (exact) mass is 443 g/mol. The third-order valence-corrected chi connectivity index (χ3v) is 5.69. The van der Waals surface area contributed by atoms with Crippen molar-refractivity contribution in [1.82, 2.24) is 4.90 Å². The molecule has 146 valence electrons. The second-order valence-electron chi connectivity index (χ2n) is 6.62. The molecule has 0 atom stereocenters. The van der Waals surface area contributed by atoms with Crippen LogP contribution in [0.1, 0.15) is 16.9 Å². The van der Waals surface area contributed by atoms with Crippen molar-refractivity contribution in [2.24, 2.45) is 0 Å². The number of aryl methyl sites for hydroxylation is 1. The third-order valence-electron chi connectivity index (χ3n) is 4.34. The summed E-state index contributed by atoms with van der Waals surface area (Å²) >= 11 is 13.0. The van der Waals surface area contributed by atoms with Gasteiger partial charge in [0.05, 0.1) is 11.4 Å². The van der Waals surface area contributed by atoms with Crippen molar-refractivity contribution in [3.63, 3.8) is 0 Å². The summed E-state index contributed by atoms with van der Waals surface area (Å²) in [6.07, 6.45) is 1.58. The van der Waals surface area contributed by atoms with Gasteiger partial charge in [-0.05, 0) is 54.6 Å². The van der Waals surface area contributed by atoms with E-state index in [0.29, 0.717) is 26.5 Å². The molecule has 7 heteroatoms. The van der Waals surface area contributed by atoms with Gasteiger partial charge in [0, 0.05) is 21.7 Å². The molecule has 0 saturated carbocycles. The quantitative estimate of drug-likeness (QED) is 0.416. The maximum absolute atomic E-state index is 12.7. The van der Waals surface area contributed by atoms with Gasteiger partial charge in [0.1, 0.15) is 11.5 Å². The van der Waals surface area contributed by atoms with Gasteiger partial charge in [0.25, 0.3) is 11.1 Å². The molecule has 0 aliphatic carbocycles. The van der Waals surface area contributed by atoms with Gasteiger partial charge in [0.15, 0.2) is 0 Å². The average Bonchev–Trinajstić information content (AvgIpc) is 3.22. The fraction of sp³-hybridized carbons (Fsp3) is 0.0909. The van der Waals surface area contributed by atoms with Crippen LogP contribution in [0.25, 0.3) is 17.4 Å². The Hall–Kier alpha value is -2.47. The normalized spacial score (nSPS) is 15.6. The predicted molar refractivity (Wildman–Crippen MR) is 117 cm³/mol. The summed E-state index contributed by atoms with van der Waals surface area (Å²) in [4.78, 5) is 26.6. The Kier molecular flexibility index (Phi) is 5.54. The predicted octanol–water partition coefficient (Wildman–Crippen LogP) is 6.80. The molecule has 3 aromatic rings. The van der Waals surface area contributed by atoms with E-state index in [4.69, 9.17) is 27.6 Å². The summed E-state index contributed by atoms with van der Waals surface area (Å²) in [7, 11) is 0. The molecule has 2 amide bonds. The fourth-order valence-electron chi connectivity index (χ4n) is 3.04. The van der Waals surface area contributed by atoms with Crippen molar-refractivity contribution < 1.29 is 14.0 Å². The molecule has 0 bridgehead atoms. The molecule has 2 aromatic carbocycles. The lowest BCUT2D eigenvalue weighted by atomic mass is 10.1. The van der Waals surface area contributed by atoms with Crippen LogP contribution in [0.15, 0.2) is 63.9 Å². The van der Waals surface area contributed by atoms with Crippen molar-refractivity contribution in [2.75, 3.05) is 0 Å². The maximum atomic E-state index is 12.7. The molecule has 1 aliphatic heterocycles. The van der Waals surface area contributed by atoms with Crippen molar-refractivity contribution in [1.29, 1.82) is 0 Å². The first-order valence-corrected chi connectivity index (χ1v) is 10.3. The first-order chi connectivity index (χ1) is 13.9. The van der Waals surface area contributed by atoms with Crippen LogP contribution in [0.5, 0.6) is 0 Å². The SMILES string of the molecule is Cc1cccc(CN2C(=O)S/C(=C\c3ccc(-c4cc(Cl)cc(Cl)c4)o3)C2=O)c1. The molecule has 1 aliphatic rings. The van der Waals surface area contributed by atoms with E-state index in [0.717, 1.165) is 28.5 Å². The van der Waals surface area contributed by atoms with E-state index in [-0.39, 0.29) is 17.7 Å². The number of thioether (sulfide) groups is 1. The lowest BCUT2D eigenvalue weighted by Gasteiger charge is -2.12. The van der Waals surface area contributed by atoms with Crippen molar-refractivity contribution in [3.05, 3.63) is 86.4 Å². The minimum absolute atomic E-state index is 0.244. The average molecular weight is 444 g/mol. The number of carbonyl (C=O) groups is 2. The van der Waals surface area contributed by atoms with Gasteiger partial charge in [-0.1, -0.05) is 53.0 Å². The van der Waals surface area contributed by atoms with Crippen LogP contribution >= 0.6 is 35.0 Å². The Labute approximate surface area is 182 Å². The van der Waals surface area contributed by atoms with Gasteiger partial charge in [-0.2, -0.15) is 0 Å². The molecule has 4 rings (SSSR count). The van der Waals surface area contributed by atoms with Gasteiger partial charge < -0.3 is 4.42 Å². The van der Waals surface area contributed by atoms with Crippen molar-refractivity contribution >= 4 is 52.2 Å². The number of nitrogens with zero attached hydrogens (tertiary/aromatic N) is 1. The minimum atomic E-state index is -0.328. The molecule has 1 aromatic heterocycles. The molecule has 0 unspecified atom stereocenters. The van der Waals surface area contributed by atoms with Crippen LogP contribution in [0.4, 0.5) is 4.79 Å². The molecule has 0 N–H and O–H groups in total. The third kappa shape index (κ3) is 4.42. The first kappa shape index (κ1) is 19.8. The zero-order valence-electron chi connectivity index (χ0n) is 15.3. The minimum Gasteiger partial charge on any atom is -0.457 e. The van der Waals surface area contributed by atoms with Crippen LogP contribution in [0.2, 0.25) is 10.0 Å². The summed E-state index contributed by atoms with van der Waals surface area (Å²) in [5, 5.41) is 0.710. The largest absolute Gasteiger partial charge is 0.457 e. The standard InChI is InChI=1S/C22H15Cl2NO3S/c1-13-3-2-4-14(7-13)12-25-21(26)20(29-22(25)27)11-18-5-6-19(28-18)15-8-16(23)10-17(24)9-15/h2-11H,12H2,1H3/b20-11-. The molecule has 0 spiro atoms. The number of imide groups is 1. The molecular formula is C22H15Cl2NO3S. The Morgan fingerprint density at radius 3 is 2.52 bits per heavy atom. The van der Waals surface area contributed by atoms with Crippen LogP contribution in [0.3, 0.4) is 0 Å². The van der Waals surface area contributed by atoms with Crippen LogP contribution in [-0.2, 0) is 11.3 Å². The topological polar surface area (TPSA) is 50.5 Å². The summed E-state index contributed by atoms with van der Waals surface area (Å²) in [6.45, 7) is 2.22. The second kappa shape index (κ2) is 8.11. The summed E-state index contributed by atoms with van der Waals surface area (Å²) < 4.78 is 5.81. The molecule has 0 radical (unpaired) electrons. The number of carbonyl (C=O) groups excluding carboxylic acids is 2. The highest BCUT2D eigenvalue weighted by Gasteiger charge is 2.35. The highest BCUT2D eigenvalue weighted by atomic mass is 35.5. The zero-order chi connectivity index (χ0) is 20.5.